The minimum absolute atomic E-state index is 0.142. The highest BCUT2D eigenvalue weighted by atomic mass is 16.4. The van der Waals surface area contributed by atoms with Crippen LogP contribution in [0.1, 0.15) is 13.0 Å². The Morgan fingerprint density at radius 3 is 3.00 bits per heavy atom. The molecular weight excluding hydrogens is 192 g/mol. The number of hydrogen-bond donors (Lipinski definition) is 2. The number of hydrogen-bond acceptors (Lipinski definition) is 3. The van der Waals surface area contributed by atoms with Gasteiger partial charge in [-0.25, -0.2) is 0 Å². The van der Waals surface area contributed by atoms with Crippen molar-refractivity contribution in [3.05, 3.63) is 30.5 Å². The summed E-state index contributed by atoms with van der Waals surface area (Å²) < 4.78 is 1.73. The minimum atomic E-state index is -0.255. The summed E-state index contributed by atoms with van der Waals surface area (Å²) in [6, 6.07) is 7.54. The maximum absolute atomic E-state index is 8.60. The summed E-state index contributed by atoms with van der Waals surface area (Å²) in [5.74, 6) is 0.142. The van der Waals surface area contributed by atoms with Crippen molar-refractivity contribution in [2.24, 2.45) is 10.9 Å². The van der Waals surface area contributed by atoms with Gasteiger partial charge in [0.2, 0.25) is 0 Å². The number of oxime groups is 1. The maximum Gasteiger partial charge on any atom is 0.163 e. The van der Waals surface area contributed by atoms with Crippen molar-refractivity contribution in [1.29, 1.82) is 0 Å². The van der Waals surface area contributed by atoms with Gasteiger partial charge < -0.3 is 10.9 Å². The van der Waals surface area contributed by atoms with Crippen LogP contribution in [0.5, 0.6) is 0 Å². The molecule has 0 saturated heterocycles. The molecule has 0 aliphatic rings. The zero-order chi connectivity index (χ0) is 10.8. The molecule has 5 heteroatoms. The van der Waals surface area contributed by atoms with Crippen LogP contribution in [-0.4, -0.2) is 20.8 Å². The van der Waals surface area contributed by atoms with Gasteiger partial charge in [0.05, 0.1) is 11.7 Å². The average Bonchev–Trinajstić information content (AvgIpc) is 2.70. The Morgan fingerprint density at radius 2 is 2.27 bits per heavy atom. The smallest absolute Gasteiger partial charge is 0.163 e. The number of nitrogens with zero attached hydrogens (tertiary/aromatic N) is 3. The van der Waals surface area contributed by atoms with Gasteiger partial charge in [-0.3, -0.25) is 4.68 Å². The molecule has 1 heterocycles. The zero-order valence-electron chi connectivity index (χ0n) is 8.33. The normalized spacial score (nSPS) is 14.3. The third-order valence-corrected chi connectivity index (χ3v) is 2.42. The van der Waals surface area contributed by atoms with E-state index in [1.54, 1.807) is 10.9 Å². The lowest BCUT2D eigenvalue weighted by molar-refractivity contribution is 0.314. The van der Waals surface area contributed by atoms with Gasteiger partial charge in [0.15, 0.2) is 5.84 Å². The van der Waals surface area contributed by atoms with Crippen LogP contribution >= 0.6 is 0 Å². The molecule has 2 rings (SSSR count). The minimum Gasteiger partial charge on any atom is -0.409 e. The molecular formula is C10H12N4O. The van der Waals surface area contributed by atoms with Gasteiger partial charge in [-0.1, -0.05) is 23.4 Å². The molecule has 15 heavy (non-hydrogen) atoms. The Kier molecular flexibility index (Phi) is 2.29. The highest BCUT2D eigenvalue weighted by Gasteiger charge is 2.13. The molecule has 5 nitrogen and oxygen atoms in total. The first-order chi connectivity index (χ1) is 7.24. The SMILES string of the molecule is CC(C(N)=NO)n1ncc2ccccc21. The Balaban J connectivity index is 2.53. The van der Waals surface area contributed by atoms with E-state index in [2.05, 4.69) is 10.3 Å². The van der Waals surface area contributed by atoms with E-state index in [-0.39, 0.29) is 11.9 Å². The number of nitrogens with two attached hydrogens (primary N) is 1. The highest BCUT2D eigenvalue weighted by molar-refractivity contribution is 5.86. The predicted molar refractivity (Wildman–Crippen MR) is 57.9 cm³/mol. The molecule has 0 fully saturated rings. The van der Waals surface area contributed by atoms with Crippen molar-refractivity contribution >= 4 is 16.7 Å². The number of amidine groups is 1. The molecule has 3 N–H and O–H groups in total. The first kappa shape index (κ1) is 9.51. The fraction of sp³-hybridized carbons (Fsp3) is 0.200. The first-order valence-corrected chi connectivity index (χ1v) is 4.63. The van der Waals surface area contributed by atoms with Gasteiger partial charge in [-0.05, 0) is 13.0 Å². The van der Waals surface area contributed by atoms with E-state index in [0.717, 1.165) is 10.9 Å². The molecule has 0 amide bonds. The summed E-state index contributed by atoms with van der Waals surface area (Å²) in [5, 5.41) is 16.8. The Labute approximate surface area is 86.8 Å². The van der Waals surface area contributed by atoms with Crippen molar-refractivity contribution in [3.63, 3.8) is 0 Å². The van der Waals surface area contributed by atoms with Crippen LogP contribution < -0.4 is 5.73 Å². The summed E-state index contributed by atoms with van der Waals surface area (Å²) in [6.45, 7) is 1.83. The molecule has 1 aromatic heterocycles. The van der Waals surface area contributed by atoms with Crippen molar-refractivity contribution in [3.8, 4) is 0 Å². The van der Waals surface area contributed by atoms with Crippen molar-refractivity contribution < 1.29 is 5.21 Å². The second-order valence-corrected chi connectivity index (χ2v) is 3.35. The zero-order valence-corrected chi connectivity index (χ0v) is 8.33. The molecule has 0 radical (unpaired) electrons. The first-order valence-electron chi connectivity index (χ1n) is 4.63. The van der Waals surface area contributed by atoms with Crippen molar-refractivity contribution in [2.45, 2.75) is 13.0 Å². The summed E-state index contributed by atoms with van der Waals surface area (Å²) in [6.07, 6.45) is 1.76. The van der Waals surface area contributed by atoms with E-state index < -0.39 is 0 Å². The van der Waals surface area contributed by atoms with E-state index >= 15 is 0 Å². The lowest BCUT2D eigenvalue weighted by Gasteiger charge is -2.11. The molecule has 1 aromatic carbocycles. The van der Waals surface area contributed by atoms with Gasteiger partial charge in [-0.2, -0.15) is 5.10 Å². The van der Waals surface area contributed by atoms with Gasteiger partial charge in [0.1, 0.15) is 6.04 Å². The number of rotatable bonds is 2. The second-order valence-electron chi connectivity index (χ2n) is 3.35. The lowest BCUT2D eigenvalue weighted by Crippen LogP contribution is -2.25. The molecule has 0 spiro atoms. The standard InChI is InChI=1S/C10H12N4O/c1-7(10(11)13-15)14-9-5-3-2-4-8(9)6-12-14/h2-7,15H,1H3,(H2,11,13). The lowest BCUT2D eigenvalue weighted by atomic mass is 10.2. The highest BCUT2D eigenvalue weighted by Crippen LogP contribution is 2.17. The van der Waals surface area contributed by atoms with E-state index in [9.17, 15) is 0 Å². The summed E-state index contributed by atoms with van der Waals surface area (Å²) in [5.41, 5.74) is 6.51. The maximum atomic E-state index is 8.60. The van der Waals surface area contributed by atoms with E-state index in [1.165, 1.54) is 0 Å². The summed E-state index contributed by atoms with van der Waals surface area (Å²) in [7, 11) is 0. The van der Waals surface area contributed by atoms with Crippen LogP contribution in [0.3, 0.4) is 0 Å². The second kappa shape index (κ2) is 3.61. The molecule has 0 aliphatic carbocycles. The van der Waals surface area contributed by atoms with E-state index in [0.29, 0.717) is 0 Å². The summed E-state index contributed by atoms with van der Waals surface area (Å²) >= 11 is 0. The quantitative estimate of drug-likeness (QED) is 0.335. The van der Waals surface area contributed by atoms with Crippen LogP contribution in [0.25, 0.3) is 10.9 Å². The van der Waals surface area contributed by atoms with Crippen molar-refractivity contribution in [1.82, 2.24) is 9.78 Å². The molecule has 0 aliphatic heterocycles. The third-order valence-electron chi connectivity index (χ3n) is 2.42. The Hall–Kier alpha value is -2.04. The molecule has 78 valence electrons. The molecule has 2 aromatic rings. The van der Waals surface area contributed by atoms with Crippen molar-refractivity contribution in [2.75, 3.05) is 0 Å². The third kappa shape index (κ3) is 1.52. The fourth-order valence-corrected chi connectivity index (χ4v) is 1.51. The van der Waals surface area contributed by atoms with Crippen LogP contribution in [0.2, 0.25) is 0 Å². The molecule has 0 bridgehead atoms. The fourth-order valence-electron chi connectivity index (χ4n) is 1.51. The average molecular weight is 204 g/mol. The van der Waals surface area contributed by atoms with Crippen LogP contribution in [-0.2, 0) is 0 Å². The monoisotopic (exact) mass is 204 g/mol. The number of para-hydroxylation sites is 1. The van der Waals surface area contributed by atoms with E-state index in [1.807, 2.05) is 31.2 Å². The molecule has 1 atom stereocenters. The van der Waals surface area contributed by atoms with E-state index in [4.69, 9.17) is 10.9 Å². The predicted octanol–water partition coefficient (Wildman–Crippen LogP) is 1.34. The Morgan fingerprint density at radius 1 is 1.53 bits per heavy atom. The number of aromatic nitrogens is 2. The van der Waals surface area contributed by atoms with Crippen LogP contribution in [0, 0.1) is 0 Å². The van der Waals surface area contributed by atoms with Gasteiger partial charge in [-0.15, -0.1) is 0 Å². The van der Waals surface area contributed by atoms with Gasteiger partial charge in [0.25, 0.3) is 0 Å². The van der Waals surface area contributed by atoms with Gasteiger partial charge >= 0.3 is 0 Å². The van der Waals surface area contributed by atoms with Crippen LogP contribution in [0.4, 0.5) is 0 Å². The number of benzene rings is 1. The molecule has 0 saturated carbocycles. The molecule has 1 unspecified atom stereocenters. The topological polar surface area (TPSA) is 76.4 Å². The summed E-state index contributed by atoms with van der Waals surface area (Å²) in [4.78, 5) is 0. The Bertz CT molecular complexity index is 503. The van der Waals surface area contributed by atoms with Gasteiger partial charge in [0, 0.05) is 5.39 Å². The van der Waals surface area contributed by atoms with Crippen LogP contribution in [0.15, 0.2) is 35.6 Å². The number of fused-ring (bicyclic) bond motifs is 1. The largest absolute Gasteiger partial charge is 0.409 e.